The number of alkyl halides is 5. The molecule has 1 fully saturated rings. The van der Waals surface area contributed by atoms with Gasteiger partial charge in [0.25, 0.3) is 0 Å². The fourth-order valence-electron chi connectivity index (χ4n) is 3.67. The van der Waals surface area contributed by atoms with Crippen LogP contribution in [0.3, 0.4) is 0 Å². The summed E-state index contributed by atoms with van der Waals surface area (Å²) in [4.78, 5) is 19.3. The van der Waals surface area contributed by atoms with E-state index in [9.17, 15) is 26.7 Å². The fraction of sp³-hybridized carbons (Fsp3) is 0.348. The molecule has 2 aromatic heterocycles. The summed E-state index contributed by atoms with van der Waals surface area (Å²) in [5.41, 5.74) is 0.361. The molecule has 0 bridgehead atoms. The highest BCUT2D eigenvalue weighted by atomic mass is 19.4. The molecule has 2 amide bonds. The van der Waals surface area contributed by atoms with Crippen molar-refractivity contribution in [3.8, 4) is 5.69 Å². The van der Waals surface area contributed by atoms with E-state index < -0.39 is 23.8 Å². The Labute approximate surface area is 203 Å². The van der Waals surface area contributed by atoms with Crippen LogP contribution in [0, 0.1) is 13.8 Å². The average Bonchev–Trinajstić information content (AvgIpc) is 3.25. The molecule has 3 heterocycles. The third-order valence-electron chi connectivity index (χ3n) is 5.67. The highest BCUT2D eigenvalue weighted by molar-refractivity contribution is 5.99. The zero-order valence-electron chi connectivity index (χ0n) is 19.5. The van der Waals surface area contributed by atoms with Crippen molar-refractivity contribution in [3.05, 3.63) is 59.4 Å². The second kappa shape index (κ2) is 9.72. The van der Waals surface area contributed by atoms with Crippen molar-refractivity contribution in [2.45, 2.75) is 25.9 Å². The molecule has 0 atom stereocenters. The lowest BCUT2D eigenvalue weighted by molar-refractivity contribution is -0.291. The standard InChI is InChI=1S/C23H24F5N7O/c1-14-3-5-16(6-4-14)35-20(13-18(33-35)22(24,25)23(26,27)28)32-21(36)31-17-7-8-19(30-15(17)2)34-11-9-29-10-12-34/h3-8,13,29H,9-12H2,1-2H3,(H2,31,32,36). The van der Waals surface area contributed by atoms with Crippen LogP contribution >= 0.6 is 0 Å². The number of pyridine rings is 1. The van der Waals surface area contributed by atoms with Crippen molar-refractivity contribution in [3.63, 3.8) is 0 Å². The Morgan fingerprint density at radius 3 is 2.25 bits per heavy atom. The second-order valence-corrected chi connectivity index (χ2v) is 8.35. The molecule has 0 unspecified atom stereocenters. The lowest BCUT2D eigenvalue weighted by Crippen LogP contribution is -2.43. The van der Waals surface area contributed by atoms with Crippen LogP contribution in [0.5, 0.6) is 0 Å². The quantitative estimate of drug-likeness (QED) is 0.438. The number of piperazine rings is 1. The molecule has 1 aliphatic heterocycles. The lowest BCUT2D eigenvalue weighted by Gasteiger charge is -2.28. The number of rotatable bonds is 5. The number of urea groups is 1. The van der Waals surface area contributed by atoms with Gasteiger partial charge in [-0.1, -0.05) is 17.7 Å². The van der Waals surface area contributed by atoms with E-state index >= 15 is 0 Å². The monoisotopic (exact) mass is 509 g/mol. The minimum atomic E-state index is -5.85. The fourth-order valence-corrected chi connectivity index (χ4v) is 3.67. The number of carbonyl (C=O) groups is 1. The number of aromatic nitrogens is 3. The first kappa shape index (κ1) is 25.4. The zero-order chi connectivity index (χ0) is 26.1. The van der Waals surface area contributed by atoms with Gasteiger partial charge in [0, 0.05) is 32.2 Å². The van der Waals surface area contributed by atoms with Crippen LogP contribution in [-0.2, 0) is 5.92 Å². The summed E-state index contributed by atoms with van der Waals surface area (Å²) >= 11 is 0. The van der Waals surface area contributed by atoms with Gasteiger partial charge in [0.1, 0.15) is 17.3 Å². The Bertz CT molecular complexity index is 1230. The molecule has 36 heavy (non-hydrogen) atoms. The van der Waals surface area contributed by atoms with Gasteiger partial charge >= 0.3 is 18.1 Å². The van der Waals surface area contributed by atoms with Crippen LogP contribution in [0.2, 0.25) is 0 Å². The number of hydrogen-bond acceptors (Lipinski definition) is 5. The number of benzene rings is 1. The van der Waals surface area contributed by atoms with Gasteiger partial charge in [0.05, 0.1) is 17.1 Å². The number of aryl methyl sites for hydroxylation is 2. The van der Waals surface area contributed by atoms with E-state index in [0.29, 0.717) is 17.4 Å². The normalized spacial score (nSPS) is 14.6. The summed E-state index contributed by atoms with van der Waals surface area (Å²) in [7, 11) is 0. The summed E-state index contributed by atoms with van der Waals surface area (Å²) in [5, 5.41) is 11.6. The highest BCUT2D eigenvalue weighted by Crippen LogP contribution is 2.44. The van der Waals surface area contributed by atoms with Gasteiger partial charge in [-0.3, -0.25) is 5.32 Å². The molecule has 0 saturated carbocycles. The van der Waals surface area contributed by atoms with Crippen LogP contribution < -0.4 is 20.9 Å². The van der Waals surface area contributed by atoms with E-state index in [1.54, 1.807) is 38.1 Å². The SMILES string of the molecule is Cc1ccc(-n2nc(C(F)(F)C(F)(F)F)cc2NC(=O)Nc2ccc(N3CCNCC3)nc2C)cc1. The van der Waals surface area contributed by atoms with E-state index in [0.717, 1.165) is 42.2 Å². The second-order valence-electron chi connectivity index (χ2n) is 8.35. The molecule has 0 aliphatic carbocycles. The molecule has 192 valence electrons. The highest BCUT2D eigenvalue weighted by Gasteiger charge is 2.60. The number of carbonyl (C=O) groups excluding carboxylic acids is 1. The molecule has 0 radical (unpaired) electrons. The van der Waals surface area contributed by atoms with Crippen LogP contribution in [-0.4, -0.2) is 53.2 Å². The molecule has 1 saturated heterocycles. The van der Waals surface area contributed by atoms with Crippen molar-refractivity contribution in [2.24, 2.45) is 0 Å². The molecule has 0 spiro atoms. The Morgan fingerprint density at radius 2 is 1.64 bits per heavy atom. The zero-order valence-corrected chi connectivity index (χ0v) is 19.5. The first-order valence-corrected chi connectivity index (χ1v) is 11.1. The van der Waals surface area contributed by atoms with Gasteiger partial charge in [-0.05, 0) is 38.1 Å². The maximum absolute atomic E-state index is 14.0. The summed E-state index contributed by atoms with van der Waals surface area (Å²) < 4.78 is 67.8. The summed E-state index contributed by atoms with van der Waals surface area (Å²) in [6.45, 7) is 6.70. The molecule has 1 aliphatic rings. The molecule has 8 nitrogen and oxygen atoms in total. The predicted octanol–water partition coefficient (Wildman–Crippen LogP) is 4.59. The number of nitrogens with one attached hydrogen (secondary N) is 3. The van der Waals surface area contributed by atoms with Crippen molar-refractivity contribution >= 4 is 23.4 Å². The Hall–Kier alpha value is -3.74. The van der Waals surface area contributed by atoms with Crippen LogP contribution in [0.1, 0.15) is 17.0 Å². The molecule has 13 heteroatoms. The number of anilines is 3. The Kier molecular flexibility index (Phi) is 6.85. The van der Waals surface area contributed by atoms with Crippen molar-refractivity contribution < 1.29 is 26.7 Å². The maximum Gasteiger partial charge on any atom is 0.459 e. The number of hydrogen-bond donors (Lipinski definition) is 3. The lowest BCUT2D eigenvalue weighted by atomic mass is 10.2. The van der Waals surface area contributed by atoms with E-state index in [1.165, 1.54) is 12.1 Å². The van der Waals surface area contributed by atoms with E-state index in [2.05, 4.69) is 30.9 Å². The van der Waals surface area contributed by atoms with Gasteiger partial charge < -0.3 is 15.5 Å². The summed E-state index contributed by atoms with van der Waals surface area (Å²) in [5.74, 6) is -4.83. The minimum Gasteiger partial charge on any atom is -0.354 e. The van der Waals surface area contributed by atoms with Crippen molar-refractivity contribution in [2.75, 3.05) is 41.7 Å². The molecule has 3 aromatic rings. The number of amides is 2. The molecule has 4 rings (SSSR count). The van der Waals surface area contributed by atoms with E-state index in [1.807, 2.05) is 0 Å². The molecular weight excluding hydrogens is 485 g/mol. The topological polar surface area (TPSA) is 87.1 Å². The van der Waals surface area contributed by atoms with Crippen LogP contribution in [0.25, 0.3) is 5.69 Å². The van der Waals surface area contributed by atoms with Crippen LogP contribution in [0.4, 0.5) is 44.1 Å². The maximum atomic E-state index is 14.0. The number of nitrogens with zero attached hydrogens (tertiary/aromatic N) is 4. The van der Waals surface area contributed by atoms with Gasteiger partial charge in [-0.15, -0.1) is 0 Å². The van der Waals surface area contributed by atoms with Gasteiger partial charge in [0.15, 0.2) is 0 Å². The Balaban J connectivity index is 1.58. The molecule has 3 N–H and O–H groups in total. The number of halogens is 5. The third kappa shape index (κ3) is 5.25. The van der Waals surface area contributed by atoms with Gasteiger partial charge in [0.2, 0.25) is 0 Å². The summed E-state index contributed by atoms with van der Waals surface area (Å²) in [6, 6.07) is 9.30. The predicted molar refractivity (Wildman–Crippen MR) is 125 cm³/mol. The third-order valence-corrected chi connectivity index (χ3v) is 5.67. The van der Waals surface area contributed by atoms with Gasteiger partial charge in [-0.2, -0.15) is 27.1 Å². The van der Waals surface area contributed by atoms with E-state index in [-0.39, 0.29) is 11.5 Å². The van der Waals surface area contributed by atoms with Crippen molar-refractivity contribution in [1.82, 2.24) is 20.1 Å². The molecule has 1 aromatic carbocycles. The average molecular weight is 509 g/mol. The molecular formula is C23H24F5N7O. The van der Waals surface area contributed by atoms with E-state index in [4.69, 9.17) is 0 Å². The Morgan fingerprint density at radius 1 is 0.972 bits per heavy atom. The largest absolute Gasteiger partial charge is 0.459 e. The summed E-state index contributed by atoms with van der Waals surface area (Å²) in [6.07, 6.45) is -5.85. The van der Waals surface area contributed by atoms with Crippen LogP contribution in [0.15, 0.2) is 42.5 Å². The smallest absolute Gasteiger partial charge is 0.354 e. The van der Waals surface area contributed by atoms with Gasteiger partial charge in [-0.25, -0.2) is 14.5 Å². The van der Waals surface area contributed by atoms with Crippen molar-refractivity contribution in [1.29, 1.82) is 0 Å². The first-order chi connectivity index (χ1) is 17.0. The first-order valence-electron chi connectivity index (χ1n) is 11.1. The minimum absolute atomic E-state index is 0.193.